The van der Waals surface area contributed by atoms with Crippen molar-refractivity contribution < 1.29 is 4.39 Å². The maximum atomic E-state index is 13.3. The Morgan fingerprint density at radius 1 is 1.24 bits per heavy atom. The predicted molar refractivity (Wildman–Crippen MR) is 106 cm³/mol. The summed E-state index contributed by atoms with van der Waals surface area (Å²) in [7, 11) is 4.04. The van der Waals surface area contributed by atoms with Crippen LogP contribution < -0.4 is 5.32 Å². The van der Waals surface area contributed by atoms with E-state index in [1.165, 1.54) is 12.1 Å². The molecule has 1 unspecified atom stereocenters. The van der Waals surface area contributed by atoms with Gasteiger partial charge in [0.2, 0.25) is 0 Å². The average Bonchev–Trinajstić information content (AvgIpc) is 2.58. The molecule has 1 N–H and O–H groups in total. The molecule has 0 spiro atoms. The molecule has 0 amide bonds. The van der Waals surface area contributed by atoms with E-state index in [1.807, 2.05) is 26.2 Å². The van der Waals surface area contributed by atoms with Gasteiger partial charge in [-0.1, -0.05) is 11.6 Å². The number of benzene rings is 1. The zero-order valence-electron chi connectivity index (χ0n) is 14.5. The van der Waals surface area contributed by atoms with Crippen LogP contribution in [0.25, 0.3) is 0 Å². The van der Waals surface area contributed by atoms with Crippen LogP contribution in [0.3, 0.4) is 0 Å². The normalized spacial score (nSPS) is 12.1. The van der Waals surface area contributed by atoms with Crippen molar-refractivity contribution >= 4 is 34.6 Å². The highest BCUT2D eigenvalue weighted by atomic mass is 35.5. The van der Waals surface area contributed by atoms with Crippen LogP contribution in [0.5, 0.6) is 0 Å². The van der Waals surface area contributed by atoms with E-state index >= 15 is 0 Å². The van der Waals surface area contributed by atoms with E-state index < -0.39 is 5.82 Å². The van der Waals surface area contributed by atoms with Gasteiger partial charge in [-0.25, -0.2) is 4.39 Å². The molecule has 0 aliphatic rings. The van der Waals surface area contributed by atoms with Gasteiger partial charge < -0.3 is 15.1 Å². The Morgan fingerprint density at radius 2 is 1.92 bits per heavy atom. The molecule has 2 aromatic rings. The SMILES string of the molecule is CC(c1ccncc1)N(CCN(C)C)C(=S)Nc1ccc(F)c(Cl)c1. The molecule has 1 atom stereocenters. The van der Waals surface area contributed by atoms with E-state index in [0.717, 1.165) is 18.7 Å². The number of hydrogen-bond acceptors (Lipinski definition) is 3. The molecule has 0 saturated carbocycles. The van der Waals surface area contributed by atoms with E-state index in [1.54, 1.807) is 18.5 Å². The van der Waals surface area contributed by atoms with E-state index in [0.29, 0.717) is 10.8 Å². The second-order valence-electron chi connectivity index (χ2n) is 6.01. The minimum Gasteiger partial charge on any atom is -0.341 e. The standard InChI is InChI=1S/C18H22ClFN4S/c1-13(14-6-8-21-9-7-14)24(11-10-23(2)3)18(25)22-15-4-5-17(20)16(19)12-15/h4-9,12-13H,10-11H2,1-3H3,(H,22,25). The molecule has 2 rings (SSSR count). The summed E-state index contributed by atoms with van der Waals surface area (Å²) in [5.41, 5.74) is 1.78. The van der Waals surface area contributed by atoms with E-state index in [4.69, 9.17) is 23.8 Å². The predicted octanol–water partition coefficient (Wildman–Crippen LogP) is 4.20. The maximum Gasteiger partial charge on any atom is 0.173 e. The molecule has 1 aromatic heterocycles. The fourth-order valence-electron chi connectivity index (χ4n) is 2.37. The Hall–Kier alpha value is -1.76. The number of pyridine rings is 1. The van der Waals surface area contributed by atoms with E-state index in [2.05, 4.69) is 27.0 Å². The van der Waals surface area contributed by atoms with Crippen LogP contribution in [0.1, 0.15) is 18.5 Å². The van der Waals surface area contributed by atoms with Gasteiger partial charge in [0.1, 0.15) is 5.82 Å². The van der Waals surface area contributed by atoms with Gasteiger partial charge in [0.15, 0.2) is 5.11 Å². The summed E-state index contributed by atoms with van der Waals surface area (Å²) in [6, 6.07) is 8.50. The Kier molecular flexibility index (Phi) is 7.11. The molecule has 25 heavy (non-hydrogen) atoms. The lowest BCUT2D eigenvalue weighted by Crippen LogP contribution is -2.40. The summed E-state index contributed by atoms with van der Waals surface area (Å²) >= 11 is 11.5. The summed E-state index contributed by atoms with van der Waals surface area (Å²) < 4.78 is 13.3. The molecule has 0 aliphatic carbocycles. The first-order valence-electron chi connectivity index (χ1n) is 7.96. The number of hydrogen-bond donors (Lipinski definition) is 1. The van der Waals surface area contributed by atoms with Crippen LogP contribution in [0.2, 0.25) is 5.02 Å². The molecule has 0 aliphatic heterocycles. The summed E-state index contributed by atoms with van der Waals surface area (Å²) in [5, 5.41) is 3.78. The number of nitrogens with zero attached hydrogens (tertiary/aromatic N) is 3. The topological polar surface area (TPSA) is 31.4 Å². The fourth-order valence-corrected chi connectivity index (χ4v) is 2.92. The highest BCUT2D eigenvalue weighted by molar-refractivity contribution is 7.80. The van der Waals surface area contributed by atoms with Gasteiger partial charge in [0.05, 0.1) is 11.1 Å². The monoisotopic (exact) mass is 380 g/mol. The van der Waals surface area contributed by atoms with Gasteiger partial charge in [-0.3, -0.25) is 4.98 Å². The molecule has 1 heterocycles. The van der Waals surface area contributed by atoms with Crippen molar-refractivity contribution in [2.75, 3.05) is 32.5 Å². The highest BCUT2D eigenvalue weighted by Crippen LogP contribution is 2.23. The first-order chi connectivity index (χ1) is 11.9. The zero-order valence-corrected chi connectivity index (χ0v) is 16.1. The van der Waals surface area contributed by atoms with Crippen LogP contribution in [0, 0.1) is 5.82 Å². The van der Waals surface area contributed by atoms with Crippen molar-refractivity contribution in [2.24, 2.45) is 0 Å². The van der Waals surface area contributed by atoms with Crippen molar-refractivity contribution in [3.05, 3.63) is 59.1 Å². The third-order valence-electron chi connectivity index (χ3n) is 3.88. The first-order valence-corrected chi connectivity index (χ1v) is 8.74. The van der Waals surface area contributed by atoms with Gasteiger partial charge in [-0.2, -0.15) is 0 Å². The molecule has 4 nitrogen and oxygen atoms in total. The van der Waals surface area contributed by atoms with Gasteiger partial charge in [-0.05, 0) is 69.1 Å². The lowest BCUT2D eigenvalue weighted by Gasteiger charge is -2.33. The van der Waals surface area contributed by atoms with Crippen LogP contribution in [-0.2, 0) is 0 Å². The number of nitrogens with one attached hydrogen (secondary N) is 1. The molecule has 0 saturated heterocycles. The van der Waals surface area contributed by atoms with Crippen LogP contribution >= 0.6 is 23.8 Å². The van der Waals surface area contributed by atoms with Crippen molar-refractivity contribution in [1.82, 2.24) is 14.8 Å². The van der Waals surface area contributed by atoms with Gasteiger partial charge >= 0.3 is 0 Å². The van der Waals surface area contributed by atoms with Crippen molar-refractivity contribution in [1.29, 1.82) is 0 Å². The number of aromatic nitrogens is 1. The summed E-state index contributed by atoms with van der Waals surface area (Å²) in [4.78, 5) is 8.27. The van der Waals surface area contributed by atoms with Crippen molar-refractivity contribution in [2.45, 2.75) is 13.0 Å². The van der Waals surface area contributed by atoms with Crippen molar-refractivity contribution in [3.8, 4) is 0 Å². The number of halogens is 2. The number of thiocarbonyl (C=S) groups is 1. The zero-order chi connectivity index (χ0) is 18.4. The minimum absolute atomic E-state index is 0.0647. The minimum atomic E-state index is -0.451. The molecular formula is C18H22ClFN4S. The van der Waals surface area contributed by atoms with E-state index in [9.17, 15) is 4.39 Å². The van der Waals surface area contributed by atoms with Crippen LogP contribution in [0.15, 0.2) is 42.7 Å². The molecule has 0 fully saturated rings. The van der Waals surface area contributed by atoms with Gasteiger partial charge in [0.25, 0.3) is 0 Å². The van der Waals surface area contributed by atoms with Crippen LogP contribution in [0.4, 0.5) is 10.1 Å². The second-order valence-corrected chi connectivity index (χ2v) is 6.81. The lowest BCUT2D eigenvalue weighted by molar-refractivity contribution is 0.289. The molecule has 1 aromatic carbocycles. The Bertz CT molecular complexity index is 711. The van der Waals surface area contributed by atoms with E-state index in [-0.39, 0.29) is 11.1 Å². The Balaban J connectivity index is 2.18. The largest absolute Gasteiger partial charge is 0.341 e. The van der Waals surface area contributed by atoms with Gasteiger partial charge in [0, 0.05) is 31.2 Å². The summed E-state index contributed by atoms with van der Waals surface area (Å²) in [6.07, 6.45) is 3.54. The maximum absolute atomic E-state index is 13.3. The lowest BCUT2D eigenvalue weighted by atomic mass is 10.1. The first kappa shape index (κ1) is 19.6. The van der Waals surface area contributed by atoms with Crippen LogP contribution in [-0.4, -0.2) is 47.1 Å². The number of anilines is 1. The third-order valence-corrected chi connectivity index (χ3v) is 4.50. The Morgan fingerprint density at radius 3 is 2.52 bits per heavy atom. The third kappa shape index (κ3) is 5.63. The smallest absolute Gasteiger partial charge is 0.173 e. The molecule has 0 bridgehead atoms. The Labute approximate surface area is 158 Å². The second kappa shape index (κ2) is 9.08. The number of likely N-dealkylation sites (N-methyl/N-ethyl adjacent to an activating group) is 1. The molecular weight excluding hydrogens is 359 g/mol. The quantitative estimate of drug-likeness (QED) is 0.759. The van der Waals surface area contributed by atoms with Crippen molar-refractivity contribution in [3.63, 3.8) is 0 Å². The molecule has 7 heteroatoms. The number of rotatable bonds is 6. The molecule has 0 radical (unpaired) electrons. The highest BCUT2D eigenvalue weighted by Gasteiger charge is 2.19. The summed E-state index contributed by atoms with van der Waals surface area (Å²) in [5.74, 6) is -0.451. The summed E-state index contributed by atoms with van der Waals surface area (Å²) in [6.45, 7) is 3.69. The fraction of sp³-hybridized carbons (Fsp3) is 0.333. The average molecular weight is 381 g/mol. The van der Waals surface area contributed by atoms with Gasteiger partial charge in [-0.15, -0.1) is 0 Å². The molecule has 134 valence electrons.